The molecule has 0 radical (unpaired) electrons. The smallest absolute Gasteiger partial charge is 0.262 e. The lowest BCUT2D eigenvalue weighted by Crippen LogP contribution is -2.31. The Kier molecular flexibility index (Phi) is 6.57. The number of anilines is 3. The van der Waals surface area contributed by atoms with E-state index in [4.69, 9.17) is 45.4 Å². The fourth-order valence-corrected chi connectivity index (χ4v) is 4.20. The van der Waals surface area contributed by atoms with Crippen LogP contribution >= 0.6 is 23.2 Å². The van der Waals surface area contributed by atoms with Gasteiger partial charge in [-0.25, -0.2) is 4.98 Å². The second-order valence-electron chi connectivity index (χ2n) is 8.07. The van der Waals surface area contributed by atoms with Crippen LogP contribution in [0.25, 0.3) is 10.9 Å². The predicted octanol–water partition coefficient (Wildman–Crippen LogP) is 2.88. The van der Waals surface area contributed by atoms with Crippen molar-refractivity contribution in [2.45, 2.75) is 44.7 Å². The Bertz CT molecular complexity index is 1280. The topological polar surface area (TPSA) is 168 Å². The molecule has 0 saturated heterocycles. The SMILES string of the molecule is NC(=O)CCCCn1c(C(Nc2nc(N)nc(N)c2Cl)C2CC2)nc2cccc(Cl)c2c1=O. The molecule has 4 rings (SSSR count). The number of hydrogen-bond acceptors (Lipinski definition) is 8. The molecule has 3 aromatic rings. The third-order valence-electron chi connectivity index (χ3n) is 5.58. The van der Waals surface area contributed by atoms with E-state index in [9.17, 15) is 9.59 Å². The van der Waals surface area contributed by atoms with Gasteiger partial charge in [-0.2, -0.15) is 9.97 Å². The maximum Gasteiger partial charge on any atom is 0.262 e. The molecular weight excluding hydrogens is 467 g/mol. The van der Waals surface area contributed by atoms with Gasteiger partial charge in [0, 0.05) is 13.0 Å². The number of nitrogens with zero attached hydrogens (tertiary/aromatic N) is 4. The number of halogens is 2. The number of nitrogens with two attached hydrogens (primary N) is 3. The van der Waals surface area contributed by atoms with Crippen LogP contribution in [0, 0.1) is 5.92 Å². The van der Waals surface area contributed by atoms with Crippen molar-refractivity contribution in [2.24, 2.45) is 11.7 Å². The van der Waals surface area contributed by atoms with Crippen molar-refractivity contribution in [1.82, 2.24) is 19.5 Å². The predicted molar refractivity (Wildman–Crippen MR) is 129 cm³/mol. The minimum atomic E-state index is -0.381. The van der Waals surface area contributed by atoms with Crippen LogP contribution in [0.5, 0.6) is 0 Å². The van der Waals surface area contributed by atoms with Crippen molar-refractivity contribution in [3.8, 4) is 0 Å². The molecule has 10 nitrogen and oxygen atoms in total. The van der Waals surface area contributed by atoms with Gasteiger partial charge in [0.1, 0.15) is 16.7 Å². The van der Waals surface area contributed by atoms with Gasteiger partial charge in [0.25, 0.3) is 5.56 Å². The average Bonchev–Trinajstić information content (AvgIpc) is 3.58. The summed E-state index contributed by atoms with van der Waals surface area (Å²) >= 11 is 12.7. The summed E-state index contributed by atoms with van der Waals surface area (Å²) < 4.78 is 1.60. The number of rotatable bonds is 9. The molecule has 1 atom stereocenters. The van der Waals surface area contributed by atoms with E-state index in [-0.39, 0.29) is 52.5 Å². The first-order valence-electron chi connectivity index (χ1n) is 10.6. The van der Waals surface area contributed by atoms with Gasteiger partial charge in [0.15, 0.2) is 5.82 Å². The van der Waals surface area contributed by atoms with E-state index >= 15 is 0 Å². The lowest BCUT2D eigenvalue weighted by atomic mass is 10.1. The molecule has 0 spiro atoms. The van der Waals surface area contributed by atoms with Crippen LogP contribution in [0.2, 0.25) is 10.0 Å². The van der Waals surface area contributed by atoms with Gasteiger partial charge in [-0.05, 0) is 43.7 Å². The first kappa shape index (κ1) is 23.1. The average molecular weight is 491 g/mol. The number of benzene rings is 1. The Balaban J connectivity index is 1.80. The molecule has 12 heteroatoms. The number of nitrogen functional groups attached to an aromatic ring is 2. The third kappa shape index (κ3) is 4.96. The number of hydrogen-bond donors (Lipinski definition) is 4. The number of fused-ring (bicyclic) bond motifs is 1. The maximum absolute atomic E-state index is 13.5. The highest BCUT2D eigenvalue weighted by molar-refractivity contribution is 6.35. The van der Waals surface area contributed by atoms with Crippen molar-refractivity contribution in [2.75, 3.05) is 16.8 Å². The Labute approximate surface area is 199 Å². The second-order valence-corrected chi connectivity index (χ2v) is 8.86. The standard InChI is InChI=1S/C21H24Cl2N8O2/c22-11-4-3-5-12-14(11)20(33)31(9-2-1-6-13(24)32)19(27-12)16(10-7-8-10)28-18-15(23)17(25)29-21(26)30-18/h3-5,10,16H,1-2,6-9H2,(H2,24,32)(H5,25,26,28,29,30). The molecule has 1 aliphatic carbocycles. The monoisotopic (exact) mass is 490 g/mol. The minimum absolute atomic E-state index is 0.0176. The van der Waals surface area contributed by atoms with Crippen molar-refractivity contribution >= 4 is 57.6 Å². The van der Waals surface area contributed by atoms with Crippen molar-refractivity contribution in [1.29, 1.82) is 0 Å². The maximum atomic E-state index is 13.5. The first-order chi connectivity index (χ1) is 15.8. The molecule has 33 heavy (non-hydrogen) atoms. The number of amides is 1. The number of carbonyl (C=O) groups excluding carboxylic acids is 1. The number of aromatic nitrogens is 4. The number of nitrogens with one attached hydrogen (secondary N) is 1. The van der Waals surface area contributed by atoms with E-state index in [1.54, 1.807) is 22.8 Å². The summed E-state index contributed by atoms with van der Waals surface area (Å²) in [6.07, 6.45) is 3.24. The molecule has 1 saturated carbocycles. The van der Waals surface area contributed by atoms with Gasteiger partial charge in [-0.15, -0.1) is 0 Å². The first-order valence-corrected chi connectivity index (χ1v) is 11.3. The molecule has 1 aliphatic rings. The van der Waals surface area contributed by atoms with Crippen LogP contribution in [0.3, 0.4) is 0 Å². The fraction of sp³-hybridized carbons (Fsp3) is 0.381. The van der Waals surface area contributed by atoms with Gasteiger partial charge in [-0.3, -0.25) is 14.2 Å². The molecule has 0 aliphatic heterocycles. The van der Waals surface area contributed by atoms with E-state index < -0.39 is 0 Å². The Morgan fingerprint density at radius 1 is 1.18 bits per heavy atom. The van der Waals surface area contributed by atoms with Gasteiger partial charge in [0.05, 0.1) is 22.0 Å². The molecule has 7 N–H and O–H groups in total. The molecule has 2 heterocycles. The Morgan fingerprint density at radius 2 is 1.94 bits per heavy atom. The van der Waals surface area contributed by atoms with Crippen LogP contribution in [0.1, 0.15) is 44.0 Å². The van der Waals surface area contributed by atoms with Gasteiger partial charge in [-0.1, -0.05) is 29.3 Å². The lowest BCUT2D eigenvalue weighted by Gasteiger charge is -2.24. The largest absolute Gasteiger partial charge is 0.382 e. The molecular formula is C21H24Cl2N8O2. The molecule has 0 bridgehead atoms. The molecule has 1 unspecified atom stereocenters. The van der Waals surface area contributed by atoms with Gasteiger partial charge < -0.3 is 22.5 Å². The van der Waals surface area contributed by atoms with Crippen molar-refractivity contribution in [3.63, 3.8) is 0 Å². The van der Waals surface area contributed by atoms with E-state index in [1.165, 1.54) is 0 Å². The van der Waals surface area contributed by atoms with Crippen LogP contribution in [0.15, 0.2) is 23.0 Å². The molecule has 174 valence electrons. The highest BCUT2D eigenvalue weighted by Gasteiger charge is 2.36. The van der Waals surface area contributed by atoms with Crippen LogP contribution in [0.4, 0.5) is 17.6 Å². The highest BCUT2D eigenvalue weighted by atomic mass is 35.5. The molecule has 1 fully saturated rings. The second kappa shape index (κ2) is 9.40. The summed E-state index contributed by atoms with van der Waals surface area (Å²) in [5.74, 6) is 0.675. The zero-order valence-electron chi connectivity index (χ0n) is 17.7. The molecule has 1 amide bonds. The Morgan fingerprint density at radius 3 is 2.64 bits per heavy atom. The quantitative estimate of drug-likeness (QED) is 0.331. The summed E-state index contributed by atoms with van der Waals surface area (Å²) in [7, 11) is 0. The highest BCUT2D eigenvalue weighted by Crippen LogP contribution is 2.43. The van der Waals surface area contributed by atoms with Crippen LogP contribution in [-0.2, 0) is 11.3 Å². The fourth-order valence-electron chi connectivity index (χ4n) is 3.81. The lowest BCUT2D eigenvalue weighted by molar-refractivity contribution is -0.118. The van der Waals surface area contributed by atoms with E-state index in [0.29, 0.717) is 41.1 Å². The van der Waals surface area contributed by atoms with Gasteiger partial charge in [0.2, 0.25) is 11.9 Å². The zero-order valence-corrected chi connectivity index (χ0v) is 19.2. The summed E-state index contributed by atoms with van der Waals surface area (Å²) in [6, 6.07) is 4.79. The minimum Gasteiger partial charge on any atom is -0.382 e. The molecule has 2 aromatic heterocycles. The summed E-state index contributed by atoms with van der Waals surface area (Å²) in [5, 5.41) is 4.12. The molecule has 1 aromatic carbocycles. The normalized spacial score (nSPS) is 14.4. The van der Waals surface area contributed by atoms with Crippen molar-refractivity contribution in [3.05, 3.63) is 44.4 Å². The van der Waals surface area contributed by atoms with Crippen LogP contribution in [-0.4, -0.2) is 25.4 Å². The number of carbonyl (C=O) groups is 1. The summed E-state index contributed by atoms with van der Waals surface area (Å²) in [5.41, 5.74) is 17.1. The van der Waals surface area contributed by atoms with E-state index in [2.05, 4.69) is 15.3 Å². The zero-order chi connectivity index (χ0) is 23.7. The Hall–Kier alpha value is -3.11. The van der Waals surface area contributed by atoms with Gasteiger partial charge >= 0.3 is 0 Å². The number of primary amides is 1. The third-order valence-corrected chi connectivity index (χ3v) is 6.26. The summed E-state index contributed by atoms with van der Waals surface area (Å²) in [4.78, 5) is 37.5. The van der Waals surface area contributed by atoms with Crippen LogP contribution < -0.4 is 28.1 Å². The van der Waals surface area contributed by atoms with E-state index in [1.807, 2.05) is 0 Å². The number of unbranched alkanes of at least 4 members (excludes halogenated alkanes) is 1. The van der Waals surface area contributed by atoms with Crippen molar-refractivity contribution < 1.29 is 4.79 Å². The summed E-state index contributed by atoms with van der Waals surface area (Å²) in [6.45, 7) is 0.349. The van der Waals surface area contributed by atoms with E-state index in [0.717, 1.165) is 12.8 Å².